The Morgan fingerprint density at radius 1 is 1.00 bits per heavy atom. The lowest BCUT2D eigenvalue weighted by Crippen LogP contribution is -2.53. The summed E-state index contributed by atoms with van der Waals surface area (Å²) >= 11 is 0. The Hall–Kier alpha value is -0.850. The van der Waals surface area contributed by atoms with Gasteiger partial charge in [-0.3, -0.25) is 4.90 Å². The maximum absolute atomic E-state index is 12.1. The van der Waals surface area contributed by atoms with Gasteiger partial charge >= 0.3 is 6.03 Å². The molecule has 3 fully saturated rings. The second-order valence-electron chi connectivity index (χ2n) is 5.58. The summed E-state index contributed by atoms with van der Waals surface area (Å²) in [6, 6.07) is 0.0582. The number of ether oxygens (including phenoxy) is 2. The number of urea groups is 1. The summed E-state index contributed by atoms with van der Waals surface area (Å²) in [5, 5.41) is 3.10. The van der Waals surface area contributed by atoms with Gasteiger partial charge in [0.05, 0.1) is 26.4 Å². The molecule has 108 valence electrons. The molecule has 2 heterocycles. The van der Waals surface area contributed by atoms with Crippen LogP contribution in [0, 0.1) is 0 Å². The number of nitrogens with one attached hydrogen (secondary N) is 1. The molecule has 0 spiro atoms. The molecule has 1 saturated carbocycles. The minimum atomic E-state index is 0.0582. The van der Waals surface area contributed by atoms with Crippen molar-refractivity contribution < 1.29 is 14.3 Å². The number of nitrogens with zero attached hydrogens (tertiary/aromatic N) is 2. The fourth-order valence-electron chi connectivity index (χ4n) is 2.91. The molecule has 0 radical (unpaired) electrons. The van der Waals surface area contributed by atoms with Crippen LogP contribution in [0.4, 0.5) is 4.79 Å². The highest BCUT2D eigenvalue weighted by atomic mass is 16.5. The quantitative estimate of drug-likeness (QED) is 0.777. The maximum Gasteiger partial charge on any atom is 0.317 e. The zero-order valence-electron chi connectivity index (χ0n) is 11.4. The number of amides is 2. The van der Waals surface area contributed by atoms with Crippen molar-refractivity contribution in [2.24, 2.45) is 0 Å². The van der Waals surface area contributed by atoms with Crippen LogP contribution in [-0.4, -0.2) is 80.5 Å². The lowest BCUT2D eigenvalue weighted by Gasteiger charge is -2.35. The van der Waals surface area contributed by atoms with E-state index in [1.165, 1.54) is 12.8 Å². The lowest BCUT2D eigenvalue weighted by atomic mass is 10.2. The van der Waals surface area contributed by atoms with Gasteiger partial charge in [0, 0.05) is 38.3 Å². The molecule has 0 aromatic rings. The number of carbonyl (C=O) groups is 1. The van der Waals surface area contributed by atoms with Gasteiger partial charge in [0.25, 0.3) is 0 Å². The molecule has 2 saturated heterocycles. The number of rotatable bonds is 3. The molecule has 1 N–H and O–H groups in total. The first-order valence-corrected chi connectivity index (χ1v) is 7.24. The molecule has 0 bridgehead atoms. The molecule has 3 rings (SSSR count). The minimum Gasteiger partial charge on any atom is -0.379 e. The van der Waals surface area contributed by atoms with Crippen LogP contribution < -0.4 is 5.32 Å². The molecule has 6 heteroatoms. The number of morpholine rings is 2. The van der Waals surface area contributed by atoms with Crippen LogP contribution in [0.15, 0.2) is 0 Å². The topological polar surface area (TPSA) is 54.0 Å². The number of hydrogen-bond donors (Lipinski definition) is 1. The van der Waals surface area contributed by atoms with E-state index in [2.05, 4.69) is 10.2 Å². The molecule has 0 atom stereocenters. The Bertz CT molecular complexity index is 321. The molecule has 0 aromatic carbocycles. The van der Waals surface area contributed by atoms with Gasteiger partial charge in [0.2, 0.25) is 0 Å². The van der Waals surface area contributed by atoms with E-state index in [1.54, 1.807) is 0 Å². The summed E-state index contributed by atoms with van der Waals surface area (Å²) in [6.45, 7) is 7.11. The van der Waals surface area contributed by atoms with Gasteiger partial charge in [-0.25, -0.2) is 4.79 Å². The average molecular weight is 269 g/mol. The summed E-state index contributed by atoms with van der Waals surface area (Å²) < 4.78 is 10.7. The summed E-state index contributed by atoms with van der Waals surface area (Å²) in [7, 11) is 0. The van der Waals surface area contributed by atoms with Gasteiger partial charge in [-0.2, -0.15) is 0 Å². The third-order valence-electron chi connectivity index (χ3n) is 4.38. The van der Waals surface area contributed by atoms with Gasteiger partial charge in [-0.15, -0.1) is 0 Å². The largest absolute Gasteiger partial charge is 0.379 e. The van der Waals surface area contributed by atoms with Gasteiger partial charge in [0.1, 0.15) is 0 Å². The molecule has 0 unspecified atom stereocenters. The normalized spacial score (nSPS) is 27.1. The third kappa shape index (κ3) is 3.01. The van der Waals surface area contributed by atoms with E-state index < -0.39 is 0 Å². The summed E-state index contributed by atoms with van der Waals surface area (Å²) in [5.41, 5.74) is 0.214. The van der Waals surface area contributed by atoms with Crippen molar-refractivity contribution in [3.8, 4) is 0 Å². The fourth-order valence-corrected chi connectivity index (χ4v) is 2.91. The molecule has 2 aliphatic heterocycles. The highest BCUT2D eigenvalue weighted by molar-refractivity contribution is 5.74. The standard InChI is InChI=1S/C13H23N3O3/c17-12(15-3-7-18-8-4-15)14-11-13(1-2-13)16-5-9-19-10-6-16/h1-11H2,(H,14,17). The Morgan fingerprint density at radius 2 is 1.58 bits per heavy atom. The third-order valence-corrected chi connectivity index (χ3v) is 4.38. The Morgan fingerprint density at radius 3 is 2.16 bits per heavy atom. The highest BCUT2D eigenvalue weighted by Crippen LogP contribution is 2.41. The first-order chi connectivity index (χ1) is 9.30. The van der Waals surface area contributed by atoms with Crippen LogP contribution >= 0.6 is 0 Å². The minimum absolute atomic E-state index is 0.0582. The predicted octanol–water partition coefficient (Wildman–Crippen LogP) is -0.107. The summed E-state index contributed by atoms with van der Waals surface area (Å²) in [6.07, 6.45) is 2.38. The molecule has 19 heavy (non-hydrogen) atoms. The smallest absolute Gasteiger partial charge is 0.317 e. The van der Waals surface area contributed by atoms with E-state index in [4.69, 9.17) is 9.47 Å². The molecule has 6 nitrogen and oxygen atoms in total. The van der Waals surface area contributed by atoms with Crippen LogP contribution in [-0.2, 0) is 9.47 Å². The fraction of sp³-hybridized carbons (Fsp3) is 0.923. The van der Waals surface area contributed by atoms with Crippen molar-refractivity contribution in [3.05, 3.63) is 0 Å². The monoisotopic (exact) mass is 269 g/mol. The zero-order chi connectivity index (χ0) is 13.1. The number of hydrogen-bond acceptors (Lipinski definition) is 4. The number of carbonyl (C=O) groups excluding carboxylic acids is 1. The van der Waals surface area contributed by atoms with Gasteiger partial charge < -0.3 is 19.7 Å². The highest BCUT2D eigenvalue weighted by Gasteiger charge is 2.48. The summed E-state index contributed by atoms with van der Waals surface area (Å²) in [5.74, 6) is 0. The van der Waals surface area contributed by atoms with Crippen LogP contribution in [0.3, 0.4) is 0 Å². The van der Waals surface area contributed by atoms with Crippen molar-refractivity contribution in [1.82, 2.24) is 15.1 Å². The van der Waals surface area contributed by atoms with E-state index in [1.807, 2.05) is 4.90 Å². The van der Waals surface area contributed by atoms with Gasteiger partial charge in [-0.05, 0) is 12.8 Å². The van der Waals surface area contributed by atoms with Crippen molar-refractivity contribution in [3.63, 3.8) is 0 Å². The molecular weight excluding hydrogens is 246 g/mol. The Kier molecular flexibility index (Phi) is 3.91. The zero-order valence-corrected chi connectivity index (χ0v) is 11.4. The molecule has 2 amide bonds. The molecule has 1 aliphatic carbocycles. The van der Waals surface area contributed by atoms with Crippen LogP contribution in [0.5, 0.6) is 0 Å². The van der Waals surface area contributed by atoms with E-state index in [-0.39, 0.29) is 11.6 Å². The van der Waals surface area contributed by atoms with Crippen LogP contribution in [0.1, 0.15) is 12.8 Å². The van der Waals surface area contributed by atoms with Crippen molar-refractivity contribution in [1.29, 1.82) is 0 Å². The lowest BCUT2D eigenvalue weighted by molar-refractivity contribution is 0.00939. The SMILES string of the molecule is O=C(NCC1(N2CCOCC2)CC1)N1CCOCC1. The van der Waals surface area contributed by atoms with Crippen molar-refractivity contribution in [2.75, 3.05) is 59.2 Å². The van der Waals surface area contributed by atoms with E-state index in [9.17, 15) is 4.79 Å². The van der Waals surface area contributed by atoms with Gasteiger partial charge in [0.15, 0.2) is 0 Å². The second kappa shape index (κ2) is 5.64. The predicted molar refractivity (Wildman–Crippen MR) is 70.1 cm³/mol. The van der Waals surface area contributed by atoms with Crippen LogP contribution in [0.2, 0.25) is 0 Å². The van der Waals surface area contributed by atoms with Crippen molar-refractivity contribution >= 4 is 6.03 Å². The Balaban J connectivity index is 1.47. The van der Waals surface area contributed by atoms with Gasteiger partial charge in [-0.1, -0.05) is 0 Å². The van der Waals surface area contributed by atoms with Crippen molar-refractivity contribution in [2.45, 2.75) is 18.4 Å². The summed E-state index contributed by atoms with van der Waals surface area (Å²) in [4.78, 5) is 16.4. The molecule has 3 aliphatic rings. The average Bonchev–Trinajstić information content (AvgIpc) is 3.28. The Labute approximate surface area is 114 Å². The van der Waals surface area contributed by atoms with E-state index >= 15 is 0 Å². The second-order valence-corrected chi connectivity index (χ2v) is 5.58. The molecule has 0 aromatic heterocycles. The van der Waals surface area contributed by atoms with E-state index in [0.29, 0.717) is 26.3 Å². The maximum atomic E-state index is 12.1. The van der Waals surface area contributed by atoms with Crippen LogP contribution in [0.25, 0.3) is 0 Å². The van der Waals surface area contributed by atoms with E-state index in [0.717, 1.165) is 32.8 Å². The first-order valence-electron chi connectivity index (χ1n) is 7.24. The first kappa shape index (κ1) is 13.1. The molecular formula is C13H23N3O3.